The molecule has 140 valence electrons. The summed E-state index contributed by atoms with van der Waals surface area (Å²) in [5.41, 5.74) is 1.65. The molecule has 0 aliphatic heterocycles. The molecular weight excluding hydrogens is 348 g/mol. The van der Waals surface area contributed by atoms with Crippen LogP contribution < -0.4 is 15.3 Å². The van der Waals surface area contributed by atoms with E-state index in [1.807, 2.05) is 0 Å². The Morgan fingerprint density at radius 1 is 0.920 bits per heavy atom. The van der Waals surface area contributed by atoms with Gasteiger partial charge in [0.1, 0.15) is 0 Å². The first-order chi connectivity index (χ1) is 11.3. The Labute approximate surface area is 170 Å². The molecule has 1 aliphatic rings. The number of hydrogen-bond acceptors (Lipinski definition) is 3. The van der Waals surface area contributed by atoms with Gasteiger partial charge in [-0.05, 0) is 5.41 Å². The van der Waals surface area contributed by atoms with Gasteiger partial charge in [-0.1, -0.05) is 58.3 Å². The van der Waals surface area contributed by atoms with Crippen molar-refractivity contribution in [1.29, 1.82) is 0 Å². The van der Waals surface area contributed by atoms with Gasteiger partial charge >= 0.3 is 21.7 Å². The molecule has 4 heteroatoms. The molecule has 0 radical (unpaired) electrons. The van der Waals surface area contributed by atoms with E-state index >= 15 is 0 Å². The molecule has 0 aromatic heterocycles. The summed E-state index contributed by atoms with van der Waals surface area (Å²) in [7, 11) is 0. The van der Waals surface area contributed by atoms with Crippen LogP contribution in [0.3, 0.4) is 0 Å². The zero-order valence-electron chi connectivity index (χ0n) is 16.2. The van der Waals surface area contributed by atoms with Crippen LogP contribution >= 0.6 is 0 Å². The molecule has 0 amide bonds. The smallest absolute Gasteiger partial charge is 0.854 e. The van der Waals surface area contributed by atoms with Gasteiger partial charge in [-0.25, -0.2) is 11.6 Å². The van der Waals surface area contributed by atoms with Crippen molar-refractivity contribution in [3.05, 3.63) is 61.8 Å². The van der Waals surface area contributed by atoms with E-state index in [9.17, 15) is 15.3 Å². The van der Waals surface area contributed by atoms with Gasteiger partial charge in [0.25, 0.3) is 0 Å². The molecule has 0 fully saturated rings. The summed E-state index contributed by atoms with van der Waals surface area (Å²) >= 11 is 0. The average molecular weight is 382 g/mol. The summed E-state index contributed by atoms with van der Waals surface area (Å²) in [6.45, 7) is 16.6. The third-order valence-corrected chi connectivity index (χ3v) is 2.47. The van der Waals surface area contributed by atoms with Crippen LogP contribution in [-0.4, -0.2) is 19.8 Å². The fourth-order valence-electron chi connectivity index (χ4n) is 1.17. The maximum Gasteiger partial charge on any atom is 4.00 e. The second-order valence-corrected chi connectivity index (χ2v) is 5.79. The number of allylic oxidation sites excluding steroid dienone is 4. The normalized spacial score (nSPS) is 11.0. The molecule has 0 N–H and O–H groups in total. The standard InChI is InChI=1S/C9H13.3C4H7O.Ti/c1-9(2,3)8-6-4-5-7-8;3*1-2-3-4-5;/h4,6H,5H2,1-3H3;3*2H,1,3-4H2;/q4*-1;+4. The van der Waals surface area contributed by atoms with Gasteiger partial charge in [0.15, 0.2) is 0 Å². The van der Waals surface area contributed by atoms with E-state index in [4.69, 9.17) is 0 Å². The molecule has 0 spiro atoms. The zero-order valence-corrected chi connectivity index (χ0v) is 17.7. The molecule has 1 aliphatic carbocycles. The zero-order chi connectivity index (χ0) is 19.3. The van der Waals surface area contributed by atoms with Gasteiger partial charge in [0.05, 0.1) is 0 Å². The predicted molar refractivity (Wildman–Crippen MR) is 99.0 cm³/mol. The van der Waals surface area contributed by atoms with E-state index in [1.165, 1.54) is 5.57 Å². The van der Waals surface area contributed by atoms with Crippen molar-refractivity contribution < 1.29 is 37.0 Å². The van der Waals surface area contributed by atoms with Crippen molar-refractivity contribution >= 4 is 0 Å². The van der Waals surface area contributed by atoms with Crippen molar-refractivity contribution in [3.8, 4) is 0 Å². The van der Waals surface area contributed by atoms with E-state index in [-0.39, 0.29) is 41.5 Å². The SMILES string of the molecule is C=CCC[O-].C=CCC[O-].C=CCC[O-].CC(C)(C)C1=[C-]CC=C1.[Ti+4]. The predicted octanol–water partition coefficient (Wildman–Crippen LogP) is 2.49. The number of rotatable bonds is 6. The van der Waals surface area contributed by atoms with Crippen molar-refractivity contribution in [2.45, 2.75) is 46.5 Å². The summed E-state index contributed by atoms with van der Waals surface area (Å²) in [5.74, 6) is 0. The van der Waals surface area contributed by atoms with Crippen molar-refractivity contribution in [2.24, 2.45) is 5.41 Å². The monoisotopic (exact) mass is 382 g/mol. The van der Waals surface area contributed by atoms with Crippen LogP contribution in [0.1, 0.15) is 46.5 Å². The van der Waals surface area contributed by atoms with Gasteiger partial charge in [0, 0.05) is 0 Å². The quantitative estimate of drug-likeness (QED) is 0.403. The van der Waals surface area contributed by atoms with Gasteiger partial charge < -0.3 is 15.3 Å². The van der Waals surface area contributed by atoms with Crippen LogP contribution in [0.15, 0.2) is 55.7 Å². The fourth-order valence-corrected chi connectivity index (χ4v) is 1.17. The Balaban J connectivity index is -0.000000122. The largest absolute Gasteiger partial charge is 4.00 e. The van der Waals surface area contributed by atoms with Crippen LogP contribution in [0.4, 0.5) is 0 Å². The molecule has 0 aromatic carbocycles. The summed E-state index contributed by atoms with van der Waals surface area (Å²) in [4.78, 5) is 0. The van der Waals surface area contributed by atoms with E-state index < -0.39 is 0 Å². The molecule has 0 saturated heterocycles. The molecule has 0 saturated carbocycles. The molecule has 0 unspecified atom stereocenters. The van der Waals surface area contributed by atoms with Crippen LogP contribution in [0.5, 0.6) is 0 Å². The maximum atomic E-state index is 9.46. The van der Waals surface area contributed by atoms with E-state index in [2.05, 4.69) is 58.7 Å². The first kappa shape index (κ1) is 32.0. The first-order valence-electron chi connectivity index (χ1n) is 8.20. The molecule has 0 heterocycles. The van der Waals surface area contributed by atoms with Gasteiger partial charge in [-0.15, -0.1) is 46.0 Å². The van der Waals surface area contributed by atoms with Crippen molar-refractivity contribution in [2.75, 3.05) is 19.8 Å². The van der Waals surface area contributed by atoms with Crippen LogP contribution in [-0.2, 0) is 21.7 Å². The summed E-state index contributed by atoms with van der Waals surface area (Å²) in [6, 6.07) is 0. The topological polar surface area (TPSA) is 69.2 Å². The molecule has 3 nitrogen and oxygen atoms in total. The maximum absolute atomic E-state index is 9.46. The Bertz CT molecular complexity index is 329. The molecular formula is C21H34O3Ti. The Morgan fingerprint density at radius 3 is 1.36 bits per heavy atom. The number of hydrogen-bond donors (Lipinski definition) is 0. The minimum absolute atomic E-state index is 0. The average Bonchev–Trinajstić information content (AvgIpc) is 3.06. The first-order valence-corrected chi connectivity index (χ1v) is 8.20. The fraction of sp³-hybridized carbons (Fsp3) is 0.524. The van der Waals surface area contributed by atoms with E-state index in [1.54, 1.807) is 18.2 Å². The second-order valence-electron chi connectivity index (χ2n) is 5.79. The van der Waals surface area contributed by atoms with Crippen LogP contribution in [0, 0.1) is 11.5 Å². The summed E-state index contributed by atoms with van der Waals surface area (Å²) in [6.07, 6.45) is 15.3. The molecule has 1 rings (SSSR count). The molecule has 25 heavy (non-hydrogen) atoms. The third kappa shape index (κ3) is 31.6. The second kappa shape index (κ2) is 25.5. The van der Waals surface area contributed by atoms with Crippen molar-refractivity contribution in [1.82, 2.24) is 0 Å². The molecule has 0 atom stereocenters. The third-order valence-electron chi connectivity index (χ3n) is 2.47. The summed E-state index contributed by atoms with van der Waals surface area (Å²) < 4.78 is 0. The Morgan fingerprint density at radius 2 is 1.28 bits per heavy atom. The van der Waals surface area contributed by atoms with Gasteiger partial charge in [-0.3, -0.25) is 6.08 Å². The van der Waals surface area contributed by atoms with E-state index in [0.717, 1.165) is 6.42 Å². The minimum Gasteiger partial charge on any atom is -0.854 e. The molecule has 0 bridgehead atoms. The van der Waals surface area contributed by atoms with Gasteiger partial charge in [-0.2, -0.15) is 6.08 Å². The van der Waals surface area contributed by atoms with Crippen molar-refractivity contribution in [3.63, 3.8) is 0 Å². The van der Waals surface area contributed by atoms with Gasteiger partial charge in [0.2, 0.25) is 0 Å². The molecule has 0 aromatic rings. The Hall–Kier alpha value is -0.706. The Kier molecular flexibility index (Phi) is 32.7. The van der Waals surface area contributed by atoms with Crippen LogP contribution in [0.25, 0.3) is 0 Å². The summed E-state index contributed by atoms with van der Waals surface area (Å²) in [5, 5.41) is 28.4. The minimum atomic E-state index is -0.0243. The van der Waals surface area contributed by atoms with Crippen LogP contribution in [0.2, 0.25) is 0 Å². The van der Waals surface area contributed by atoms with E-state index in [0.29, 0.717) is 24.7 Å².